The third-order valence-electron chi connectivity index (χ3n) is 0.933. The van der Waals surface area contributed by atoms with Crippen molar-refractivity contribution in [2.45, 2.75) is 26.7 Å². The molecule has 0 atom stereocenters. The van der Waals surface area contributed by atoms with Crippen LogP contribution in [-0.4, -0.2) is 13.2 Å². The minimum Gasteiger partial charge on any atom is -0.381 e. The predicted octanol–water partition coefficient (Wildman–Crippen LogP) is 2.03. The summed E-state index contributed by atoms with van der Waals surface area (Å²) in [5.41, 5.74) is 0. The molecular formula is C7H15O. The molecule has 0 N–H and O–H groups in total. The normalized spacial score (nSPS) is 9.75. The van der Waals surface area contributed by atoms with Gasteiger partial charge in [0.25, 0.3) is 0 Å². The van der Waals surface area contributed by atoms with Gasteiger partial charge in [0.15, 0.2) is 0 Å². The molecule has 0 spiro atoms. The topological polar surface area (TPSA) is 9.23 Å². The minimum atomic E-state index is 0.824. The first kappa shape index (κ1) is 7.96. The molecule has 0 fully saturated rings. The Morgan fingerprint density at radius 1 is 1.38 bits per heavy atom. The molecule has 0 aliphatic heterocycles. The average Bonchev–Trinajstić information content (AvgIpc) is 1.81. The van der Waals surface area contributed by atoms with E-state index in [1.54, 1.807) is 0 Å². The van der Waals surface area contributed by atoms with Gasteiger partial charge in [-0.25, -0.2) is 0 Å². The monoisotopic (exact) mass is 115 g/mol. The summed E-state index contributed by atoms with van der Waals surface area (Å²) < 4.78 is 5.08. The van der Waals surface area contributed by atoms with Crippen LogP contribution in [0.1, 0.15) is 26.7 Å². The fourth-order valence-corrected chi connectivity index (χ4v) is 0.489. The minimum absolute atomic E-state index is 0.824. The summed E-state index contributed by atoms with van der Waals surface area (Å²) in [7, 11) is 0. The van der Waals surface area contributed by atoms with Crippen LogP contribution in [0.3, 0.4) is 0 Å². The fourth-order valence-electron chi connectivity index (χ4n) is 0.489. The van der Waals surface area contributed by atoms with E-state index in [0.29, 0.717) is 0 Å². The van der Waals surface area contributed by atoms with E-state index in [2.05, 4.69) is 13.3 Å². The Hall–Kier alpha value is -0.0400. The van der Waals surface area contributed by atoms with Gasteiger partial charge in [0.2, 0.25) is 0 Å². The third-order valence-corrected chi connectivity index (χ3v) is 0.933. The van der Waals surface area contributed by atoms with E-state index < -0.39 is 0 Å². The second kappa shape index (κ2) is 6.96. The van der Waals surface area contributed by atoms with E-state index in [9.17, 15) is 0 Å². The number of unbranched alkanes of at least 4 members (excludes halogenated alkanes) is 2. The summed E-state index contributed by atoms with van der Waals surface area (Å²) >= 11 is 0. The lowest BCUT2D eigenvalue weighted by Crippen LogP contribution is -1.92. The highest BCUT2D eigenvalue weighted by atomic mass is 16.5. The molecule has 0 aliphatic rings. The summed E-state index contributed by atoms with van der Waals surface area (Å²) in [5, 5.41) is 0. The molecule has 0 saturated carbocycles. The highest BCUT2D eigenvalue weighted by molar-refractivity contribution is 4.60. The Balaban J connectivity index is 2.53. The molecule has 0 saturated heterocycles. The molecule has 0 rings (SSSR count). The van der Waals surface area contributed by atoms with Crippen molar-refractivity contribution in [2.75, 3.05) is 13.2 Å². The van der Waals surface area contributed by atoms with Gasteiger partial charge in [0.1, 0.15) is 0 Å². The quantitative estimate of drug-likeness (QED) is 0.498. The van der Waals surface area contributed by atoms with Crippen molar-refractivity contribution in [1.82, 2.24) is 0 Å². The van der Waals surface area contributed by atoms with Crippen LogP contribution >= 0.6 is 0 Å². The number of hydrogen-bond acceptors (Lipinski definition) is 1. The first-order valence-corrected chi connectivity index (χ1v) is 3.31. The molecule has 0 aromatic carbocycles. The Morgan fingerprint density at radius 2 is 2.12 bits per heavy atom. The highest BCUT2D eigenvalue weighted by Crippen LogP contribution is 1.91. The second-order valence-electron chi connectivity index (χ2n) is 1.74. The van der Waals surface area contributed by atoms with Gasteiger partial charge in [-0.1, -0.05) is 13.3 Å². The van der Waals surface area contributed by atoms with Gasteiger partial charge in [0.05, 0.1) is 0 Å². The van der Waals surface area contributed by atoms with Crippen molar-refractivity contribution in [1.29, 1.82) is 0 Å². The van der Waals surface area contributed by atoms with Crippen LogP contribution in [0.2, 0.25) is 0 Å². The maximum atomic E-state index is 5.08. The molecule has 0 bridgehead atoms. The molecule has 0 amide bonds. The van der Waals surface area contributed by atoms with Gasteiger partial charge in [-0.2, -0.15) is 0 Å². The molecule has 1 nitrogen and oxygen atoms in total. The number of rotatable bonds is 5. The molecule has 8 heavy (non-hydrogen) atoms. The van der Waals surface area contributed by atoms with Crippen molar-refractivity contribution in [3.63, 3.8) is 0 Å². The van der Waals surface area contributed by atoms with Gasteiger partial charge in [-0.05, 0) is 19.8 Å². The summed E-state index contributed by atoms with van der Waals surface area (Å²) in [5.74, 6) is 0. The van der Waals surface area contributed by atoms with E-state index in [-0.39, 0.29) is 0 Å². The van der Waals surface area contributed by atoms with E-state index >= 15 is 0 Å². The summed E-state index contributed by atoms with van der Waals surface area (Å²) in [6.07, 6.45) is 4.58. The van der Waals surface area contributed by atoms with Crippen molar-refractivity contribution in [3.05, 3.63) is 6.42 Å². The molecule has 49 valence electrons. The van der Waals surface area contributed by atoms with E-state index in [1.165, 1.54) is 12.8 Å². The van der Waals surface area contributed by atoms with Crippen LogP contribution in [0.15, 0.2) is 0 Å². The lowest BCUT2D eigenvalue weighted by atomic mass is 10.3. The summed E-state index contributed by atoms with van der Waals surface area (Å²) in [4.78, 5) is 0. The Bertz CT molecular complexity index is 29.4. The maximum absolute atomic E-state index is 5.08. The molecule has 0 aliphatic carbocycles. The largest absolute Gasteiger partial charge is 0.381 e. The second-order valence-corrected chi connectivity index (χ2v) is 1.74. The van der Waals surface area contributed by atoms with Gasteiger partial charge in [0, 0.05) is 13.2 Å². The zero-order chi connectivity index (χ0) is 6.24. The van der Waals surface area contributed by atoms with Crippen molar-refractivity contribution in [2.24, 2.45) is 0 Å². The summed E-state index contributed by atoms with van der Waals surface area (Å²) in [6.45, 7) is 5.84. The average molecular weight is 115 g/mol. The van der Waals surface area contributed by atoms with Gasteiger partial charge >= 0.3 is 0 Å². The summed E-state index contributed by atoms with van der Waals surface area (Å²) in [6, 6.07) is 0. The molecule has 1 heteroatoms. The first-order valence-electron chi connectivity index (χ1n) is 3.31. The molecular weight excluding hydrogens is 100 g/mol. The van der Waals surface area contributed by atoms with Crippen molar-refractivity contribution >= 4 is 0 Å². The predicted molar refractivity (Wildman–Crippen MR) is 35.7 cm³/mol. The lowest BCUT2D eigenvalue weighted by molar-refractivity contribution is 0.166. The van der Waals surface area contributed by atoms with Crippen LogP contribution in [0.5, 0.6) is 0 Å². The molecule has 0 unspecified atom stereocenters. The van der Waals surface area contributed by atoms with Crippen LogP contribution in [0.25, 0.3) is 0 Å². The zero-order valence-electron chi connectivity index (χ0n) is 5.81. The molecule has 1 radical (unpaired) electrons. The van der Waals surface area contributed by atoms with Crippen LogP contribution in [0.4, 0.5) is 0 Å². The Labute approximate surface area is 52.0 Å². The number of hydrogen-bond donors (Lipinski definition) is 0. The first-order chi connectivity index (χ1) is 3.91. The van der Waals surface area contributed by atoms with Gasteiger partial charge in [-0.15, -0.1) is 0 Å². The van der Waals surface area contributed by atoms with Gasteiger partial charge < -0.3 is 4.74 Å². The fraction of sp³-hybridized carbons (Fsp3) is 0.857. The van der Waals surface area contributed by atoms with E-state index in [1.807, 2.05) is 6.92 Å². The smallest absolute Gasteiger partial charge is 0.0497 e. The zero-order valence-corrected chi connectivity index (χ0v) is 5.81. The van der Waals surface area contributed by atoms with Crippen LogP contribution < -0.4 is 0 Å². The standard InChI is InChI=1S/C7H15O/c1-3-5-6-7-8-4-2/h6H,3-5,7H2,1-2H3. The van der Waals surface area contributed by atoms with Crippen LogP contribution in [-0.2, 0) is 4.74 Å². The van der Waals surface area contributed by atoms with Crippen LogP contribution in [0, 0.1) is 6.42 Å². The Morgan fingerprint density at radius 3 is 2.62 bits per heavy atom. The molecule has 0 aromatic rings. The van der Waals surface area contributed by atoms with Crippen molar-refractivity contribution < 1.29 is 4.74 Å². The molecule has 0 heterocycles. The SMILES string of the molecule is CCC[CH]COCC. The maximum Gasteiger partial charge on any atom is 0.0497 e. The van der Waals surface area contributed by atoms with Gasteiger partial charge in [-0.3, -0.25) is 0 Å². The Kier molecular flexibility index (Phi) is 6.93. The highest BCUT2D eigenvalue weighted by Gasteiger charge is 1.83. The van der Waals surface area contributed by atoms with E-state index in [0.717, 1.165) is 13.2 Å². The van der Waals surface area contributed by atoms with Crippen molar-refractivity contribution in [3.8, 4) is 0 Å². The molecule has 0 aromatic heterocycles. The van der Waals surface area contributed by atoms with E-state index in [4.69, 9.17) is 4.74 Å². The third kappa shape index (κ3) is 5.96. The number of ether oxygens (including phenoxy) is 1. The lowest BCUT2D eigenvalue weighted by Gasteiger charge is -1.96.